The quantitative estimate of drug-likeness (QED) is 0.484. The standard InChI is InChI=1S/C11H23NO5S/c1-2-3-4-5-6-9-18(16,17)12-10(7-8-13)11(14)15/h10,12-13H,2-9H2,1H3,(H,14,15)/t10-/m1/s1. The van der Waals surface area contributed by atoms with Gasteiger partial charge in [0, 0.05) is 6.61 Å². The minimum absolute atomic E-state index is 0.0636. The molecule has 0 radical (unpaired) electrons. The molecule has 18 heavy (non-hydrogen) atoms. The average molecular weight is 281 g/mol. The number of carbonyl (C=O) groups is 1. The van der Waals surface area contributed by atoms with Crippen molar-refractivity contribution in [1.82, 2.24) is 4.72 Å². The number of carboxylic acid groups (broad SMARTS) is 1. The predicted molar refractivity (Wildman–Crippen MR) is 68.8 cm³/mol. The van der Waals surface area contributed by atoms with E-state index in [-0.39, 0.29) is 18.8 Å². The molecule has 0 heterocycles. The van der Waals surface area contributed by atoms with Gasteiger partial charge in [0.15, 0.2) is 0 Å². The van der Waals surface area contributed by atoms with Crippen molar-refractivity contribution in [3.8, 4) is 0 Å². The minimum Gasteiger partial charge on any atom is -0.480 e. The second-order valence-corrected chi connectivity index (χ2v) is 6.13. The highest BCUT2D eigenvalue weighted by molar-refractivity contribution is 7.89. The fraction of sp³-hybridized carbons (Fsp3) is 0.909. The molecule has 0 aromatic rings. The Morgan fingerprint density at radius 3 is 2.33 bits per heavy atom. The van der Waals surface area contributed by atoms with Crippen molar-refractivity contribution in [3.63, 3.8) is 0 Å². The Bertz CT molecular complexity index is 328. The Hall–Kier alpha value is -0.660. The summed E-state index contributed by atoms with van der Waals surface area (Å²) in [6.45, 7) is 1.71. The zero-order valence-corrected chi connectivity index (χ0v) is 11.6. The minimum atomic E-state index is -3.58. The van der Waals surface area contributed by atoms with E-state index in [0.717, 1.165) is 25.7 Å². The van der Waals surface area contributed by atoms with Crippen LogP contribution in [0.2, 0.25) is 0 Å². The molecule has 6 nitrogen and oxygen atoms in total. The predicted octanol–water partition coefficient (Wildman–Crippen LogP) is 0.712. The van der Waals surface area contributed by atoms with Gasteiger partial charge in [0.25, 0.3) is 0 Å². The van der Waals surface area contributed by atoms with Gasteiger partial charge in [-0.15, -0.1) is 0 Å². The maximum absolute atomic E-state index is 11.6. The smallest absolute Gasteiger partial charge is 0.321 e. The number of sulfonamides is 1. The van der Waals surface area contributed by atoms with Gasteiger partial charge in [0.05, 0.1) is 5.75 Å². The normalized spacial score (nSPS) is 13.4. The first-order valence-electron chi connectivity index (χ1n) is 6.26. The van der Waals surface area contributed by atoms with Gasteiger partial charge in [-0.2, -0.15) is 0 Å². The Balaban J connectivity index is 4.08. The van der Waals surface area contributed by atoms with Gasteiger partial charge in [0.1, 0.15) is 6.04 Å². The molecule has 0 aliphatic carbocycles. The Morgan fingerprint density at radius 1 is 1.22 bits per heavy atom. The zero-order valence-electron chi connectivity index (χ0n) is 10.8. The van der Waals surface area contributed by atoms with Crippen molar-refractivity contribution in [2.45, 2.75) is 51.5 Å². The summed E-state index contributed by atoms with van der Waals surface area (Å²) in [5.41, 5.74) is 0. The maximum Gasteiger partial charge on any atom is 0.321 e. The van der Waals surface area contributed by atoms with Gasteiger partial charge in [-0.05, 0) is 12.8 Å². The zero-order chi connectivity index (χ0) is 14.0. The van der Waals surface area contributed by atoms with E-state index in [1.54, 1.807) is 0 Å². The Labute approximate surface area is 108 Å². The first-order chi connectivity index (χ1) is 8.43. The van der Waals surface area contributed by atoms with Gasteiger partial charge in [-0.1, -0.05) is 32.6 Å². The van der Waals surface area contributed by atoms with Crippen molar-refractivity contribution in [2.75, 3.05) is 12.4 Å². The molecule has 1 atom stereocenters. The molecule has 7 heteroatoms. The van der Waals surface area contributed by atoms with Crippen molar-refractivity contribution >= 4 is 16.0 Å². The maximum atomic E-state index is 11.6. The van der Waals surface area contributed by atoms with Crippen LogP contribution in [-0.4, -0.2) is 43.0 Å². The fourth-order valence-corrected chi connectivity index (χ4v) is 2.89. The third kappa shape index (κ3) is 8.43. The number of nitrogens with one attached hydrogen (secondary N) is 1. The molecule has 3 N–H and O–H groups in total. The van der Waals surface area contributed by atoms with Crippen molar-refractivity contribution in [2.24, 2.45) is 0 Å². The summed E-state index contributed by atoms with van der Waals surface area (Å²) in [7, 11) is -3.58. The topological polar surface area (TPSA) is 104 Å². The number of hydrogen-bond donors (Lipinski definition) is 3. The molecule has 0 unspecified atom stereocenters. The molecule has 0 aliphatic rings. The first kappa shape index (κ1) is 17.3. The van der Waals surface area contributed by atoms with Crippen molar-refractivity contribution < 1.29 is 23.4 Å². The summed E-state index contributed by atoms with van der Waals surface area (Å²) < 4.78 is 25.3. The molecule has 0 bridgehead atoms. The van der Waals surface area contributed by atoms with Gasteiger partial charge in [-0.25, -0.2) is 13.1 Å². The molecule has 0 saturated carbocycles. The summed E-state index contributed by atoms with van der Waals surface area (Å²) in [5, 5.41) is 17.4. The second-order valence-electron chi connectivity index (χ2n) is 4.25. The van der Waals surface area contributed by atoms with E-state index in [9.17, 15) is 13.2 Å². The highest BCUT2D eigenvalue weighted by Gasteiger charge is 2.22. The lowest BCUT2D eigenvalue weighted by Crippen LogP contribution is -2.42. The summed E-state index contributed by atoms with van der Waals surface area (Å²) >= 11 is 0. The van der Waals surface area contributed by atoms with Crippen LogP contribution >= 0.6 is 0 Å². The van der Waals surface area contributed by atoms with E-state index in [2.05, 4.69) is 11.6 Å². The molecule has 0 spiro atoms. The molecule has 0 fully saturated rings. The highest BCUT2D eigenvalue weighted by atomic mass is 32.2. The van der Waals surface area contributed by atoms with Gasteiger partial charge < -0.3 is 10.2 Å². The molecule has 108 valence electrons. The lowest BCUT2D eigenvalue weighted by molar-refractivity contribution is -0.139. The van der Waals surface area contributed by atoms with E-state index in [1.807, 2.05) is 0 Å². The monoisotopic (exact) mass is 281 g/mol. The number of rotatable bonds is 11. The van der Waals surface area contributed by atoms with E-state index >= 15 is 0 Å². The summed E-state index contributed by atoms with van der Waals surface area (Å²) in [4.78, 5) is 10.7. The first-order valence-corrected chi connectivity index (χ1v) is 7.92. The van der Waals surface area contributed by atoms with Gasteiger partial charge in [-0.3, -0.25) is 4.79 Å². The number of aliphatic hydroxyl groups excluding tert-OH is 1. The number of unbranched alkanes of at least 4 members (excludes halogenated alkanes) is 4. The van der Waals surface area contributed by atoms with Crippen LogP contribution < -0.4 is 4.72 Å². The van der Waals surface area contributed by atoms with Gasteiger partial charge in [0.2, 0.25) is 10.0 Å². The highest BCUT2D eigenvalue weighted by Crippen LogP contribution is 2.05. The third-order valence-electron chi connectivity index (χ3n) is 2.55. The lowest BCUT2D eigenvalue weighted by atomic mass is 10.2. The number of carboxylic acids is 1. The van der Waals surface area contributed by atoms with Crippen LogP contribution in [-0.2, 0) is 14.8 Å². The van der Waals surface area contributed by atoms with Crippen molar-refractivity contribution in [3.05, 3.63) is 0 Å². The fourth-order valence-electron chi connectivity index (χ4n) is 1.53. The Morgan fingerprint density at radius 2 is 1.83 bits per heavy atom. The number of aliphatic carboxylic acids is 1. The molecular weight excluding hydrogens is 258 g/mol. The molecular formula is C11H23NO5S. The van der Waals surface area contributed by atoms with E-state index in [0.29, 0.717) is 6.42 Å². The van der Waals surface area contributed by atoms with Crippen LogP contribution in [0.5, 0.6) is 0 Å². The van der Waals surface area contributed by atoms with Crippen molar-refractivity contribution in [1.29, 1.82) is 0 Å². The SMILES string of the molecule is CCCCCCCS(=O)(=O)N[C@H](CCO)C(=O)O. The molecule has 0 saturated heterocycles. The van der Waals surface area contributed by atoms with E-state index in [4.69, 9.17) is 10.2 Å². The Kier molecular flexibility index (Phi) is 8.95. The van der Waals surface area contributed by atoms with Crippen LogP contribution in [0.25, 0.3) is 0 Å². The number of hydrogen-bond acceptors (Lipinski definition) is 4. The van der Waals surface area contributed by atoms with E-state index in [1.165, 1.54) is 0 Å². The summed E-state index contributed by atoms with van der Waals surface area (Å²) in [6.07, 6.45) is 4.39. The van der Waals surface area contributed by atoms with Crippen LogP contribution in [0.1, 0.15) is 45.4 Å². The van der Waals surface area contributed by atoms with Crippen LogP contribution in [0.3, 0.4) is 0 Å². The van der Waals surface area contributed by atoms with Crippen LogP contribution in [0, 0.1) is 0 Å². The molecule has 0 aliphatic heterocycles. The lowest BCUT2D eigenvalue weighted by Gasteiger charge is -2.13. The second kappa shape index (κ2) is 9.29. The van der Waals surface area contributed by atoms with E-state index < -0.39 is 22.0 Å². The van der Waals surface area contributed by atoms with Crippen LogP contribution in [0.4, 0.5) is 0 Å². The molecule has 0 aromatic heterocycles. The van der Waals surface area contributed by atoms with Gasteiger partial charge >= 0.3 is 5.97 Å². The summed E-state index contributed by atoms with van der Waals surface area (Å²) in [6, 6.07) is -1.24. The molecule has 0 aromatic carbocycles. The number of aliphatic hydroxyl groups is 1. The third-order valence-corrected chi connectivity index (χ3v) is 4.02. The van der Waals surface area contributed by atoms with Crippen LogP contribution in [0.15, 0.2) is 0 Å². The molecule has 0 amide bonds. The molecule has 0 rings (SSSR count). The largest absolute Gasteiger partial charge is 0.480 e. The summed E-state index contributed by atoms with van der Waals surface area (Å²) in [5.74, 6) is -1.33. The average Bonchev–Trinajstić information content (AvgIpc) is 2.27.